The molecule has 0 saturated heterocycles. The van der Waals surface area contributed by atoms with Crippen molar-refractivity contribution >= 4 is 5.91 Å². The SMILES string of the molecule is CCc1ccc(CCC(=O)N2CCc3cc(=O)[nH]cc3C2)cc1. The first-order valence-electron chi connectivity index (χ1n) is 8.22. The van der Waals surface area contributed by atoms with E-state index in [9.17, 15) is 9.59 Å². The molecule has 0 saturated carbocycles. The molecule has 1 aromatic carbocycles. The van der Waals surface area contributed by atoms with Crippen LogP contribution in [0.5, 0.6) is 0 Å². The first-order valence-corrected chi connectivity index (χ1v) is 8.22. The molecule has 3 rings (SSSR count). The standard InChI is InChI=1S/C19H22N2O2/c1-2-14-3-5-15(6-4-14)7-8-19(23)21-10-9-16-11-18(22)20-12-17(16)13-21/h3-6,11-12H,2,7-10,13H2,1H3,(H,20,22). The van der Waals surface area contributed by atoms with Crippen LogP contribution in [-0.2, 0) is 30.6 Å². The lowest BCUT2D eigenvalue weighted by molar-refractivity contribution is -0.132. The van der Waals surface area contributed by atoms with Gasteiger partial charge in [0.15, 0.2) is 0 Å². The molecule has 0 spiro atoms. The van der Waals surface area contributed by atoms with E-state index in [2.05, 4.69) is 36.2 Å². The number of carbonyl (C=O) groups is 1. The minimum Gasteiger partial charge on any atom is -0.338 e. The molecule has 0 bridgehead atoms. The van der Waals surface area contributed by atoms with E-state index in [0.29, 0.717) is 19.5 Å². The zero-order valence-corrected chi connectivity index (χ0v) is 13.5. The van der Waals surface area contributed by atoms with Crippen molar-refractivity contribution in [1.29, 1.82) is 0 Å². The van der Waals surface area contributed by atoms with Gasteiger partial charge in [-0.2, -0.15) is 0 Å². The number of pyridine rings is 1. The molecule has 0 aliphatic carbocycles. The summed E-state index contributed by atoms with van der Waals surface area (Å²) in [6, 6.07) is 10.1. The molecule has 0 fully saturated rings. The third-order valence-electron chi connectivity index (χ3n) is 4.53. The minimum absolute atomic E-state index is 0.0703. The van der Waals surface area contributed by atoms with Crippen molar-refractivity contribution in [2.24, 2.45) is 0 Å². The third-order valence-corrected chi connectivity index (χ3v) is 4.53. The molecular weight excluding hydrogens is 288 g/mol. The van der Waals surface area contributed by atoms with Gasteiger partial charge in [-0.15, -0.1) is 0 Å². The van der Waals surface area contributed by atoms with Gasteiger partial charge < -0.3 is 9.88 Å². The molecule has 23 heavy (non-hydrogen) atoms. The summed E-state index contributed by atoms with van der Waals surface area (Å²) in [5.74, 6) is 0.182. The van der Waals surface area contributed by atoms with Crippen LogP contribution in [-0.4, -0.2) is 22.3 Å². The molecule has 4 nitrogen and oxygen atoms in total. The molecule has 0 radical (unpaired) electrons. The van der Waals surface area contributed by atoms with Crippen molar-refractivity contribution in [3.05, 3.63) is 69.1 Å². The zero-order valence-electron chi connectivity index (χ0n) is 13.5. The van der Waals surface area contributed by atoms with Crippen LogP contribution >= 0.6 is 0 Å². The van der Waals surface area contributed by atoms with Crippen LogP contribution in [0.2, 0.25) is 0 Å². The van der Waals surface area contributed by atoms with Gasteiger partial charge in [0.25, 0.3) is 0 Å². The quantitative estimate of drug-likeness (QED) is 0.943. The van der Waals surface area contributed by atoms with Crippen LogP contribution < -0.4 is 5.56 Å². The molecular formula is C19H22N2O2. The molecule has 2 aromatic rings. The van der Waals surface area contributed by atoms with E-state index >= 15 is 0 Å². The normalized spacial score (nSPS) is 13.7. The number of amides is 1. The fourth-order valence-electron chi connectivity index (χ4n) is 3.03. The summed E-state index contributed by atoms with van der Waals surface area (Å²) in [5.41, 5.74) is 4.57. The summed E-state index contributed by atoms with van der Waals surface area (Å²) in [5, 5.41) is 0. The van der Waals surface area contributed by atoms with Crippen molar-refractivity contribution in [3.63, 3.8) is 0 Å². The number of aromatic amines is 1. The molecule has 1 aliphatic rings. The van der Waals surface area contributed by atoms with Crippen molar-refractivity contribution in [2.45, 2.75) is 39.2 Å². The lowest BCUT2D eigenvalue weighted by Gasteiger charge is -2.28. The molecule has 0 unspecified atom stereocenters. The number of nitrogens with zero attached hydrogens (tertiary/aromatic N) is 1. The lowest BCUT2D eigenvalue weighted by atomic mass is 10.0. The van der Waals surface area contributed by atoms with Crippen molar-refractivity contribution < 1.29 is 4.79 Å². The molecule has 120 valence electrons. The molecule has 1 aliphatic heterocycles. The van der Waals surface area contributed by atoms with Crippen molar-refractivity contribution in [1.82, 2.24) is 9.88 Å². The summed E-state index contributed by atoms with van der Waals surface area (Å²) < 4.78 is 0. The summed E-state index contributed by atoms with van der Waals surface area (Å²) in [4.78, 5) is 28.3. The highest BCUT2D eigenvalue weighted by Crippen LogP contribution is 2.18. The highest BCUT2D eigenvalue weighted by atomic mass is 16.2. The second-order valence-corrected chi connectivity index (χ2v) is 6.08. The van der Waals surface area contributed by atoms with E-state index in [1.807, 2.05) is 4.90 Å². The van der Waals surface area contributed by atoms with E-state index < -0.39 is 0 Å². The first-order chi connectivity index (χ1) is 11.2. The Kier molecular flexibility index (Phi) is 4.60. The number of hydrogen-bond donors (Lipinski definition) is 1. The number of H-pyrrole nitrogens is 1. The molecule has 1 amide bonds. The van der Waals surface area contributed by atoms with Crippen molar-refractivity contribution in [3.8, 4) is 0 Å². The Hall–Kier alpha value is -2.36. The predicted octanol–water partition coefficient (Wildman–Crippen LogP) is 2.45. The number of hydrogen-bond acceptors (Lipinski definition) is 2. The van der Waals surface area contributed by atoms with Crippen molar-refractivity contribution in [2.75, 3.05) is 6.54 Å². The molecule has 1 N–H and O–H groups in total. The molecule has 0 atom stereocenters. The maximum atomic E-state index is 12.4. The van der Waals surface area contributed by atoms with Gasteiger partial charge in [0.05, 0.1) is 0 Å². The Balaban J connectivity index is 1.58. The molecule has 2 heterocycles. The Morgan fingerprint density at radius 3 is 2.65 bits per heavy atom. The lowest BCUT2D eigenvalue weighted by Crippen LogP contribution is -2.36. The fourth-order valence-corrected chi connectivity index (χ4v) is 3.03. The van der Waals surface area contributed by atoms with Gasteiger partial charge in [-0.3, -0.25) is 9.59 Å². The number of aryl methyl sites for hydroxylation is 2. The Morgan fingerprint density at radius 2 is 1.91 bits per heavy atom. The van der Waals surface area contributed by atoms with E-state index in [4.69, 9.17) is 0 Å². The summed E-state index contributed by atoms with van der Waals surface area (Å²) >= 11 is 0. The highest BCUT2D eigenvalue weighted by Gasteiger charge is 2.20. The maximum Gasteiger partial charge on any atom is 0.248 e. The first kappa shape index (κ1) is 15.5. The van der Waals surface area contributed by atoms with E-state index in [1.165, 1.54) is 11.1 Å². The van der Waals surface area contributed by atoms with Gasteiger partial charge >= 0.3 is 0 Å². The molecule has 1 aromatic heterocycles. The van der Waals surface area contributed by atoms with Gasteiger partial charge in [0, 0.05) is 31.8 Å². The molecule has 4 heteroatoms. The van der Waals surface area contributed by atoms with Gasteiger partial charge in [-0.25, -0.2) is 0 Å². The highest BCUT2D eigenvalue weighted by molar-refractivity contribution is 5.76. The monoisotopic (exact) mass is 310 g/mol. The van der Waals surface area contributed by atoms with Crippen LogP contribution in [0.3, 0.4) is 0 Å². The Bertz CT molecular complexity index is 747. The van der Waals surface area contributed by atoms with Crippen LogP contribution in [0.15, 0.2) is 41.3 Å². The topological polar surface area (TPSA) is 53.2 Å². The average molecular weight is 310 g/mol. The van der Waals surface area contributed by atoms with E-state index in [0.717, 1.165) is 30.4 Å². The van der Waals surface area contributed by atoms with Gasteiger partial charge in [0.1, 0.15) is 0 Å². The van der Waals surface area contributed by atoms with Gasteiger partial charge in [-0.05, 0) is 41.5 Å². The maximum absolute atomic E-state index is 12.4. The third kappa shape index (κ3) is 3.70. The summed E-state index contributed by atoms with van der Waals surface area (Å²) in [7, 11) is 0. The summed E-state index contributed by atoms with van der Waals surface area (Å²) in [6.07, 6.45) is 4.84. The van der Waals surface area contributed by atoms with Crippen LogP contribution in [0, 0.1) is 0 Å². The average Bonchev–Trinajstić information content (AvgIpc) is 2.59. The second kappa shape index (κ2) is 6.82. The Morgan fingerprint density at radius 1 is 1.17 bits per heavy atom. The van der Waals surface area contributed by atoms with Crippen LogP contribution in [0.25, 0.3) is 0 Å². The summed E-state index contributed by atoms with van der Waals surface area (Å²) in [6.45, 7) is 3.43. The number of aromatic nitrogens is 1. The van der Waals surface area contributed by atoms with Gasteiger partial charge in [-0.1, -0.05) is 31.2 Å². The fraction of sp³-hybridized carbons (Fsp3) is 0.368. The van der Waals surface area contributed by atoms with E-state index in [-0.39, 0.29) is 11.5 Å². The second-order valence-electron chi connectivity index (χ2n) is 6.08. The van der Waals surface area contributed by atoms with Crippen LogP contribution in [0.4, 0.5) is 0 Å². The zero-order chi connectivity index (χ0) is 16.2. The number of benzene rings is 1. The number of carbonyl (C=O) groups excluding carboxylic acids is 1. The minimum atomic E-state index is -0.0703. The number of fused-ring (bicyclic) bond motifs is 1. The Labute approximate surface area is 136 Å². The largest absolute Gasteiger partial charge is 0.338 e. The van der Waals surface area contributed by atoms with Gasteiger partial charge in [0.2, 0.25) is 11.5 Å². The number of nitrogens with one attached hydrogen (secondary N) is 1. The van der Waals surface area contributed by atoms with E-state index in [1.54, 1.807) is 12.3 Å². The number of rotatable bonds is 4. The smallest absolute Gasteiger partial charge is 0.248 e. The van der Waals surface area contributed by atoms with Crippen LogP contribution in [0.1, 0.15) is 35.6 Å². The predicted molar refractivity (Wildman–Crippen MR) is 90.3 cm³/mol.